The molecule has 2 nitrogen and oxygen atoms in total. The van der Waals surface area contributed by atoms with Crippen LogP contribution in [0, 0.1) is 0 Å². The first kappa shape index (κ1) is 21.0. The summed E-state index contributed by atoms with van der Waals surface area (Å²) >= 11 is -8.02. The van der Waals surface area contributed by atoms with Gasteiger partial charge in [-0.25, -0.2) is 0 Å². The molecule has 0 rings (SSSR count). The Morgan fingerprint density at radius 2 is 1.15 bits per heavy atom. The second-order valence-corrected chi connectivity index (χ2v) is 11.9. The number of halogens is 10. The standard InChI is InChI=1S/C4HF7O2.CF3.CH3.2Hf/c5-2(6)12-1(4(9,10)11)13-3(7)8;2-1(3)4;;;/h1H;;1H3;;. The molecule has 0 radical (unpaired) electrons. The van der Waals surface area contributed by atoms with Crippen LogP contribution in [0.2, 0.25) is 4.68 Å². The van der Waals surface area contributed by atoms with Crippen molar-refractivity contribution in [1.29, 1.82) is 0 Å². The Bertz CT molecular complexity index is 314. The van der Waals surface area contributed by atoms with E-state index in [4.69, 9.17) is 0 Å². The summed E-state index contributed by atoms with van der Waals surface area (Å²) in [4.78, 5) is 0. The van der Waals surface area contributed by atoms with Crippen molar-refractivity contribution in [1.82, 2.24) is 0 Å². The van der Waals surface area contributed by atoms with E-state index in [1.54, 1.807) is 0 Å². The van der Waals surface area contributed by atoms with E-state index in [2.05, 4.69) is 9.47 Å². The van der Waals surface area contributed by atoms with E-state index in [-0.39, 0.29) is 0 Å². The van der Waals surface area contributed by atoms with Gasteiger partial charge in [-0.1, -0.05) is 0 Å². The first-order valence-electron chi connectivity index (χ1n) is 4.31. The summed E-state index contributed by atoms with van der Waals surface area (Å²) in [5.74, 6) is 0. The van der Waals surface area contributed by atoms with Gasteiger partial charge in [-0.2, -0.15) is 0 Å². The van der Waals surface area contributed by atoms with Crippen LogP contribution in [0.15, 0.2) is 0 Å². The normalized spacial score (nSPS) is 15.9. The molecular formula is C6H4F10Hf2O2. The molecule has 0 aromatic heterocycles. The molecule has 20 heavy (non-hydrogen) atoms. The summed E-state index contributed by atoms with van der Waals surface area (Å²) in [5, 5.41) is 0. The van der Waals surface area contributed by atoms with Crippen LogP contribution in [0.5, 0.6) is 0 Å². The van der Waals surface area contributed by atoms with Crippen molar-refractivity contribution >= 4 is 0 Å². The molecule has 1 unspecified atom stereocenters. The summed E-state index contributed by atoms with van der Waals surface area (Å²) in [6.07, 6.45) is -9.91. The fourth-order valence-corrected chi connectivity index (χ4v) is 3.27. The second kappa shape index (κ2) is 7.02. The molecule has 0 aliphatic rings. The second-order valence-electron chi connectivity index (χ2n) is 3.02. The number of hydrogen-bond donors (Lipinski definition) is 0. The van der Waals surface area contributed by atoms with Crippen LogP contribution in [0.1, 0.15) is 0 Å². The van der Waals surface area contributed by atoms with Crippen LogP contribution in [0.4, 0.5) is 43.9 Å². The Morgan fingerprint density at radius 3 is 1.45 bits per heavy atom. The van der Waals surface area contributed by atoms with Gasteiger partial charge in [0.25, 0.3) is 0 Å². The average molecular weight is 655 g/mol. The Labute approximate surface area is 127 Å². The fraction of sp³-hybridized carbons (Fsp3) is 1.00. The minimum atomic E-state index is -5.81. The predicted molar refractivity (Wildman–Crippen MR) is 33.8 cm³/mol. The minimum absolute atomic E-state index is 0.875. The molecule has 14 heteroatoms. The third kappa shape index (κ3) is 9.08. The monoisotopic (exact) mass is 658 g/mol. The van der Waals surface area contributed by atoms with Crippen molar-refractivity contribution < 1.29 is 99.2 Å². The quantitative estimate of drug-likeness (QED) is 0.247. The van der Waals surface area contributed by atoms with E-state index >= 15 is 0 Å². The Morgan fingerprint density at radius 1 is 0.750 bits per heavy atom. The van der Waals surface area contributed by atoms with E-state index in [1.165, 1.54) is 0 Å². The van der Waals surface area contributed by atoms with E-state index in [0.29, 0.717) is 0 Å². The van der Waals surface area contributed by atoms with E-state index in [1.807, 2.05) is 0 Å². The molecule has 1 atom stereocenters. The van der Waals surface area contributed by atoms with Gasteiger partial charge in [0.1, 0.15) is 0 Å². The molecule has 0 amide bonds. The molecular weight excluding hydrogens is 651 g/mol. The van der Waals surface area contributed by atoms with Crippen LogP contribution >= 0.6 is 0 Å². The van der Waals surface area contributed by atoms with Crippen LogP contribution in [-0.2, 0) is 55.3 Å². The van der Waals surface area contributed by atoms with Gasteiger partial charge < -0.3 is 0 Å². The van der Waals surface area contributed by atoms with E-state index in [9.17, 15) is 43.9 Å². The van der Waals surface area contributed by atoms with Crippen LogP contribution < -0.4 is 0 Å². The Hall–Kier alpha value is 0.960. The summed E-state index contributed by atoms with van der Waals surface area (Å²) in [7, 11) is 0. The molecule has 0 N–H and O–H groups in total. The first-order chi connectivity index (χ1) is 8.58. The topological polar surface area (TPSA) is 18.5 Å². The number of hydrogen-bond acceptors (Lipinski definition) is 2. The zero-order chi connectivity index (χ0) is 16.4. The zero-order valence-corrected chi connectivity index (χ0v) is 16.4. The molecule has 118 valence electrons. The SMILES string of the molecule is [CH3][Hf][C](F)(F)OC(O[C](F)(F)[Hf][C](F)(F)F)C(F)(F)F. The summed E-state index contributed by atoms with van der Waals surface area (Å²) in [5.41, 5.74) is 0. The van der Waals surface area contributed by atoms with Gasteiger partial charge in [0.05, 0.1) is 0 Å². The van der Waals surface area contributed by atoms with Crippen molar-refractivity contribution in [3.05, 3.63) is 0 Å². The summed E-state index contributed by atoms with van der Waals surface area (Å²) in [6.45, 7) is 0. The fourth-order valence-electron chi connectivity index (χ4n) is 0.680. The van der Waals surface area contributed by atoms with Gasteiger partial charge in [0.15, 0.2) is 0 Å². The number of rotatable bonds is 6. The van der Waals surface area contributed by atoms with Gasteiger partial charge >= 0.3 is 128 Å². The van der Waals surface area contributed by atoms with E-state index < -0.39 is 69.9 Å². The molecule has 0 bridgehead atoms. The van der Waals surface area contributed by atoms with E-state index in [0.717, 1.165) is 4.68 Å². The molecule has 0 aromatic carbocycles. The Balaban J connectivity index is 5.01. The van der Waals surface area contributed by atoms with Crippen molar-refractivity contribution in [2.75, 3.05) is 0 Å². The molecule has 0 aliphatic carbocycles. The third-order valence-electron chi connectivity index (χ3n) is 1.36. The zero-order valence-electron chi connectivity index (χ0n) is 9.17. The molecule has 0 heterocycles. The molecule has 0 spiro atoms. The van der Waals surface area contributed by atoms with Crippen molar-refractivity contribution in [3.63, 3.8) is 0 Å². The van der Waals surface area contributed by atoms with Gasteiger partial charge in [-0.15, -0.1) is 0 Å². The van der Waals surface area contributed by atoms with Gasteiger partial charge in [-0.3, -0.25) is 0 Å². The van der Waals surface area contributed by atoms with Gasteiger partial charge in [-0.05, 0) is 0 Å². The number of alkyl halides is 10. The molecule has 0 aromatic rings. The summed E-state index contributed by atoms with van der Waals surface area (Å²) in [6, 6.07) is 0. The third-order valence-corrected chi connectivity index (χ3v) is 6.36. The van der Waals surface area contributed by atoms with Gasteiger partial charge in [0, 0.05) is 0 Å². The van der Waals surface area contributed by atoms with Crippen LogP contribution in [-0.4, -0.2) is 24.1 Å². The van der Waals surface area contributed by atoms with Crippen LogP contribution in [0.25, 0.3) is 0 Å². The predicted octanol–water partition coefficient (Wildman–Crippen LogP) is 3.74. The van der Waals surface area contributed by atoms with Crippen molar-refractivity contribution in [2.45, 2.75) is 28.8 Å². The van der Waals surface area contributed by atoms with Crippen molar-refractivity contribution in [3.8, 4) is 0 Å². The maximum absolute atomic E-state index is 12.7. The molecule has 0 saturated heterocycles. The average Bonchev–Trinajstić information content (AvgIpc) is 2.10. The first-order valence-corrected chi connectivity index (χ1v) is 13.3. The van der Waals surface area contributed by atoms with Crippen LogP contribution in [0.3, 0.4) is 0 Å². The van der Waals surface area contributed by atoms with Crippen molar-refractivity contribution in [2.24, 2.45) is 0 Å². The van der Waals surface area contributed by atoms with Gasteiger partial charge in [0.2, 0.25) is 0 Å². The maximum atomic E-state index is 12.7. The molecule has 0 aliphatic heterocycles. The molecule has 0 saturated carbocycles. The molecule has 0 fully saturated rings. The summed E-state index contributed by atoms with van der Waals surface area (Å²) < 4.78 is 115. The Kier molecular flexibility index (Phi) is 7.36. The number of ether oxygens (including phenoxy) is 2.